The van der Waals surface area contributed by atoms with Gasteiger partial charge in [0.15, 0.2) is 5.76 Å². The molecule has 2 aromatic carbocycles. The molecule has 0 unspecified atom stereocenters. The van der Waals surface area contributed by atoms with Crippen LogP contribution in [0.15, 0.2) is 53.1 Å². The summed E-state index contributed by atoms with van der Waals surface area (Å²) in [6.45, 7) is 2.28. The summed E-state index contributed by atoms with van der Waals surface area (Å²) >= 11 is 0. The standard InChI is InChI=1S/C21H18FN3O3/c1-13(26)23-17-4-2-3-15(11-17)21(27)25-10-9-18-19(12-25)24-28-20(18)14-5-7-16(22)8-6-14/h2-8,11H,9-10,12H2,1H3,(H,23,26). The number of halogens is 1. The van der Waals surface area contributed by atoms with Crippen LogP contribution >= 0.6 is 0 Å². The quantitative estimate of drug-likeness (QED) is 0.754. The molecule has 142 valence electrons. The molecule has 0 saturated heterocycles. The van der Waals surface area contributed by atoms with Crippen molar-refractivity contribution < 1.29 is 18.5 Å². The predicted octanol–water partition coefficient (Wildman–Crippen LogP) is 3.64. The van der Waals surface area contributed by atoms with Crippen LogP contribution in [0.25, 0.3) is 11.3 Å². The zero-order valence-corrected chi connectivity index (χ0v) is 15.2. The lowest BCUT2D eigenvalue weighted by atomic mass is 10.00. The van der Waals surface area contributed by atoms with Crippen LogP contribution in [0.2, 0.25) is 0 Å². The first-order valence-corrected chi connectivity index (χ1v) is 8.91. The topological polar surface area (TPSA) is 75.4 Å². The maximum absolute atomic E-state index is 13.2. The lowest BCUT2D eigenvalue weighted by Crippen LogP contribution is -2.36. The first kappa shape index (κ1) is 17.9. The molecule has 0 aliphatic carbocycles. The number of rotatable bonds is 3. The minimum atomic E-state index is -0.310. The van der Waals surface area contributed by atoms with Gasteiger partial charge in [-0.2, -0.15) is 0 Å². The number of benzene rings is 2. The number of amides is 2. The minimum absolute atomic E-state index is 0.135. The molecule has 7 heteroatoms. The molecule has 2 amide bonds. The summed E-state index contributed by atoms with van der Waals surface area (Å²) in [5.74, 6) is -0.0162. The van der Waals surface area contributed by atoms with E-state index < -0.39 is 0 Å². The number of nitrogens with zero attached hydrogens (tertiary/aromatic N) is 2. The number of nitrogens with one attached hydrogen (secondary N) is 1. The molecule has 1 aliphatic rings. The lowest BCUT2D eigenvalue weighted by Gasteiger charge is -2.26. The number of fused-ring (bicyclic) bond motifs is 1. The van der Waals surface area contributed by atoms with Gasteiger partial charge in [-0.05, 0) is 48.9 Å². The third-order valence-electron chi connectivity index (χ3n) is 4.67. The van der Waals surface area contributed by atoms with E-state index in [9.17, 15) is 14.0 Å². The summed E-state index contributed by atoms with van der Waals surface area (Å²) in [6.07, 6.45) is 0.600. The van der Waals surface area contributed by atoms with E-state index in [-0.39, 0.29) is 17.6 Å². The van der Waals surface area contributed by atoms with E-state index in [2.05, 4.69) is 10.5 Å². The average Bonchev–Trinajstić information content (AvgIpc) is 3.11. The fourth-order valence-corrected chi connectivity index (χ4v) is 3.35. The predicted molar refractivity (Wildman–Crippen MR) is 101 cm³/mol. The summed E-state index contributed by atoms with van der Waals surface area (Å²) in [7, 11) is 0. The Kier molecular flexibility index (Phi) is 4.65. The summed E-state index contributed by atoms with van der Waals surface area (Å²) in [6, 6.07) is 12.9. The third kappa shape index (κ3) is 3.51. The van der Waals surface area contributed by atoms with Crippen LogP contribution in [-0.2, 0) is 17.8 Å². The second kappa shape index (κ2) is 7.26. The Labute approximate surface area is 160 Å². The Morgan fingerprint density at radius 1 is 1.18 bits per heavy atom. The molecule has 1 aromatic heterocycles. The molecule has 0 radical (unpaired) electrons. The molecule has 4 rings (SSSR count). The van der Waals surface area contributed by atoms with Crippen molar-refractivity contribution in [1.82, 2.24) is 10.1 Å². The Morgan fingerprint density at radius 2 is 1.96 bits per heavy atom. The van der Waals surface area contributed by atoms with Gasteiger partial charge in [0.2, 0.25) is 5.91 Å². The first-order chi connectivity index (χ1) is 13.5. The molecule has 1 aliphatic heterocycles. The molecule has 6 nitrogen and oxygen atoms in total. The number of carbonyl (C=O) groups is 2. The zero-order chi connectivity index (χ0) is 19.7. The van der Waals surface area contributed by atoms with Crippen LogP contribution in [-0.4, -0.2) is 28.4 Å². The molecule has 0 saturated carbocycles. The number of hydrogen-bond donors (Lipinski definition) is 1. The second-order valence-electron chi connectivity index (χ2n) is 6.68. The summed E-state index contributed by atoms with van der Waals surface area (Å²) in [5, 5.41) is 6.80. The van der Waals surface area contributed by atoms with Crippen LogP contribution < -0.4 is 5.32 Å². The highest BCUT2D eigenvalue weighted by molar-refractivity contribution is 5.97. The third-order valence-corrected chi connectivity index (χ3v) is 4.67. The van der Waals surface area contributed by atoms with Gasteiger partial charge in [0.25, 0.3) is 5.91 Å². The molecule has 0 fully saturated rings. The molecule has 2 heterocycles. The lowest BCUT2D eigenvalue weighted by molar-refractivity contribution is -0.114. The molecule has 28 heavy (non-hydrogen) atoms. The monoisotopic (exact) mass is 379 g/mol. The van der Waals surface area contributed by atoms with Crippen LogP contribution in [0, 0.1) is 5.82 Å². The average molecular weight is 379 g/mol. The van der Waals surface area contributed by atoms with Crippen molar-refractivity contribution in [3.05, 3.63) is 71.2 Å². The molecular weight excluding hydrogens is 361 g/mol. The fourth-order valence-electron chi connectivity index (χ4n) is 3.35. The van der Waals surface area contributed by atoms with E-state index in [1.165, 1.54) is 19.1 Å². The van der Waals surface area contributed by atoms with E-state index in [0.717, 1.165) is 11.1 Å². The van der Waals surface area contributed by atoms with Gasteiger partial charge < -0.3 is 14.7 Å². The van der Waals surface area contributed by atoms with Gasteiger partial charge in [-0.25, -0.2) is 4.39 Å². The van der Waals surface area contributed by atoms with E-state index in [0.29, 0.717) is 42.2 Å². The summed E-state index contributed by atoms with van der Waals surface area (Å²) in [4.78, 5) is 25.8. The number of hydrogen-bond acceptors (Lipinski definition) is 4. The van der Waals surface area contributed by atoms with Crippen LogP contribution in [0.3, 0.4) is 0 Å². The highest BCUT2D eigenvalue weighted by atomic mass is 19.1. The Balaban J connectivity index is 1.54. The Hall–Kier alpha value is -3.48. The maximum Gasteiger partial charge on any atom is 0.254 e. The smallest absolute Gasteiger partial charge is 0.254 e. The van der Waals surface area contributed by atoms with Gasteiger partial charge in [-0.3, -0.25) is 9.59 Å². The normalized spacial score (nSPS) is 13.1. The van der Waals surface area contributed by atoms with Gasteiger partial charge in [0, 0.05) is 35.8 Å². The van der Waals surface area contributed by atoms with E-state index in [1.54, 1.807) is 41.3 Å². The van der Waals surface area contributed by atoms with Crippen LogP contribution in [0.5, 0.6) is 0 Å². The minimum Gasteiger partial charge on any atom is -0.356 e. The fraction of sp³-hybridized carbons (Fsp3) is 0.190. The number of carbonyl (C=O) groups excluding carboxylic acids is 2. The van der Waals surface area contributed by atoms with Crippen molar-refractivity contribution in [2.45, 2.75) is 19.9 Å². The van der Waals surface area contributed by atoms with Crippen LogP contribution in [0.1, 0.15) is 28.5 Å². The Morgan fingerprint density at radius 3 is 2.71 bits per heavy atom. The molecule has 0 bridgehead atoms. The second-order valence-corrected chi connectivity index (χ2v) is 6.68. The van der Waals surface area contributed by atoms with Crippen molar-refractivity contribution in [3.8, 4) is 11.3 Å². The highest BCUT2D eigenvalue weighted by Gasteiger charge is 2.28. The van der Waals surface area contributed by atoms with Gasteiger partial charge >= 0.3 is 0 Å². The van der Waals surface area contributed by atoms with E-state index in [1.807, 2.05) is 0 Å². The molecular formula is C21H18FN3O3. The van der Waals surface area contributed by atoms with Gasteiger partial charge in [0.05, 0.1) is 6.54 Å². The SMILES string of the molecule is CC(=O)Nc1cccc(C(=O)N2CCc3c(noc3-c3ccc(F)cc3)C2)c1. The van der Waals surface area contributed by atoms with Crippen molar-refractivity contribution in [3.63, 3.8) is 0 Å². The van der Waals surface area contributed by atoms with Gasteiger partial charge in [-0.15, -0.1) is 0 Å². The zero-order valence-electron chi connectivity index (χ0n) is 15.2. The molecule has 1 N–H and O–H groups in total. The van der Waals surface area contributed by atoms with Crippen molar-refractivity contribution in [1.29, 1.82) is 0 Å². The summed E-state index contributed by atoms with van der Waals surface area (Å²) < 4.78 is 18.6. The first-order valence-electron chi connectivity index (χ1n) is 8.91. The van der Waals surface area contributed by atoms with Crippen LogP contribution in [0.4, 0.5) is 10.1 Å². The van der Waals surface area contributed by atoms with Crippen molar-refractivity contribution in [2.75, 3.05) is 11.9 Å². The van der Waals surface area contributed by atoms with E-state index in [4.69, 9.17) is 4.52 Å². The molecule has 3 aromatic rings. The highest BCUT2D eigenvalue weighted by Crippen LogP contribution is 2.31. The number of anilines is 1. The molecule has 0 spiro atoms. The van der Waals surface area contributed by atoms with Crippen molar-refractivity contribution >= 4 is 17.5 Å². The summed E-state index contributed by atoms with van der Waals surface area (Å²) in [5.41, 5.74) is 3.49. The maximum atomic E-state index is 13.2. The molecule has 0 atom stereocenters. The van der Waals surface area contributed by atoms with Crippen molar-refractivity contribution in [2.24, 2.45) is 0 Å². The van der Waals surface area contributed by atoms with E-state index >= 15 is 0 Å². The van der Waals surface area contributed by atoms with Gasteiger partial charge in [0.1, 0.15) is 11.5 Å². The largest absolute Gasteiger partial charge is 0.356 e. The Bertz CT molecular complexity index is 1040. The number of aromatic nitrogens is 1. The van der Waals surface area contributed by atoms with Gasteiger partial charge in [-0.1, -0.05) is 11.2 Å².